The first-order valence-corrected chi connectivity index (χ1v) is 9.60. The van der Waals surface area contributed by atoms with E-state index in [1.165, 1.54) is 7.05 Å². The molecule has 1 aliphatic heterocycles. The Morgan fingerprint density at radius 2 is 1.86 bits per heavy atom. The average molecular weight is 399 g/mol. The fourth-order valence-corrected chi connectivity index (χ4v) is 3.08. The van der Waals surface area contributed by atoms with E-state index in [9.17, 15) is 14.4 Å². The second-order valence-corrected chi connectivity index (χ2v) is 6.82. The molecule has 0 spiro atoms. The summed E-state index contributed by atoms with van der Waals surface area (Å²) in [4.78, 5) is 35.6. The van der Waals surface area contributed by atoms with Crippen LogP contribution in [0.4, 0.5) is 0 Å². The molecule has 2 aromatic rings. The molecular formula is C21H25N3O5. The molecule has 154 valence electrons. The molecule has 8 heteroatoms. The van der Waals surface area contributed by atoms with Crippen LogP contribution < -0.4 is 16.0 Å². The van der Waals surface area contributed by atoms with Crippen LogP contribution in [0.25, 0.3) is 11.3 Å². The Labute approximate surface area is 169 Å². The maximum absolute atomic E-state index is 12.3. The van der Waals surface area contributed by atoms with Crippen molar-refractivity contribution in [3.05, 3.63) is 47.7 Å². The summed E-state index contributed by atoms with van der Waals surface area (Å²) in [5.41, 5.74) is 1.73. The Morgan fingerprint density at radius 3 is 2.62 bits per heavy atom. The highest BCUT2D eigenvalue weighted by Crippen LogP contribution is 2.23. The maximum atomic E-state index is 12.3. The van der Waals surface area contributed by atoms with Crippen molar-refractivity contribution in [1.29, 1.82) is 0 Å². The number of nitrogens with one attached hydrogen (secondary N) is 3. The van der Waals surface area contributed by atoms with Crippen LogP contribution in [0.2, 0.25) is 0 Å². The van der Waals surface area contributed by atoms with Gasteiger partial charge in [0.1, 0.15) is 5.76 Å². The van der Waals surface area contributed by atoms with Crippen molar-refractivity contribution in [2.24, 2.45) is 5.92 Å². The zero-order valence-electron chi connectivity index (χ0n) is 16.3. The van der Waals surface area contributed by atoms with Gasteiger partial charge in [-0.25, -0.2) is 0 Å². The highest BCUT2D eigenvalue weighted by atomic mass is 16.5. The lowest BCUT2D eigenvalue weighted by molar-refractivity contribution is -0.128. The molecule has 3 N–H and O–H groups in total. The molecule has 0 bridgehead atoms. The molecule has 3 amide bonds. The maximum Gasteiger partial charge on any atom is 0.287 e. The van der Waals surface area contributed by atoms with Gasteiger partial charge in [0, 0.05) is 38.3 Å². The minimum atomic E-state index is -0.459. The summed E-state index contributed by atoms with van der Waals surface area (Å²) in [7, 11) is 1.50. The Morgan fingerprint density at radius 1 is 1.07 bits per heavy atom. The second kappa shape index (κ2) is 9.88. The van der Waals surface area contributed by atoms with Gasteiger partial charge in [-0.15, -0.1) is 0 Å². The quantitative estimate of drug-likeness (QED) is 0.653. The topological polar surface area (TPSA) is 110 Å². The highest BCUT2D eigenvalue weighted by molar-refractivity contribution is 5.94. The summed E-state index contributed by atoms with van der Waals surface area (Å²) in [5, 5.41) is 7.89. The van der Waals surface area contributed by atoms with Crippen LogP contribution in [0, 0.1) is 5.92 Å². The van der Waals surface area contributed by atoms with Crippen LogP contribution in [-0.2, 0) is 20.9 Å². The first-order chi connectivity index (χ1) is 14.1. The van der Waals surface area contributed by atoms with Crippen LogP contribution >= 0.6 is 0 Å². The Hall–Kier alpha value is -3.13. The summed E-state index contributed by atoms with van der Waals surface area (Å²) >= 11 is 0. The van der Waals surface area contributed by atoms with Crippen molar-refractivity contribution in [3.8, 4) is 11.3 Å². The van der Waals surface area contributed by atoms with E-state index in [1.54, 1.807) is 12.1 Å². The van der Waals surface area contributed by atoms with Gasteiger partial charge in [0.25, 0.3) is 5.91 Å². The van der Waals surface area contributed by atoms with Gasteiger partial charge >= 0.3 is 0 Å². The van der Waals surface area contributed by atoms with Crippen LogP contribution in [0.5, 0.6) is 0 Å². The van der Waals surface area contributed by atoms with Crippen molar-refractivity contribution in [3.63, 3.8) is 0 Å². The van der Waals surface area contributed by atoms with E-state index >= 15 is 0 Å². The van der Waals surface area contributed by atoms with E-state index in [2.05, 4.69) is 16.0 Å². The van der Waals surface area contributed by atoms with E-state index in [-0.39, 0.29) is 30.0 Å². The van der Waals surface area contributed by atoms with Crippen molar-refractivity contribution in [2.75, 3.05) is 26.8 Å². The lowest BCUT2D eigenvalue weighted by atomic mass is 9.99. The number of benzene rings is 1. The largest absolute Gasteiger partial charge is 0.451 e. The molecular weight excluding hydrogens is 374 g/mol. The van der Waals surface area contributed by atoms with Crippen molar-refractivity contribution < 1.29 is 23.5 Å². The third-order valence-corrected chi connectivity index (χ3v) is 4.79. The summed E-state index contributed by atoms with van der Waals surface area (Å²) in [6, 6.07) is 10.8. The van der Waals surface area contributed by atoms with Gasteiger partial charge in [-0.1, -0.05) is 18.2 Å². The SMILES string of the molecule is CNC(=O)CNC(=O)c1ccc(-c2cccc(CNC(=O)C3CCOCC3)c2)o1. The summed E-state index contributed by atoms with van der Waals surface area (Å²) < 4.78 is 10.9. The standard InChI is InChI=1S/C21H25N3O5/c1-22-19(25)13-24-21(27)18-6-5-17(29-18)16-4-2-3-14(11-16)12-23-20(26)15-7-9-28-10-8-15/h2-6,11,15H,7-10,12-13H2,1H3,(H,22,25)(H,23,26)(H,24,27). The van der Waals surface area contributed by atoms with Crippen molar-refractivity contribution in [1.82, 2.24) is 16.0 Å². The normalized spacial score (nSPS) is 14.2. The first-order valence-electron chi connectivity index (χ1n) is 9.60. The zero-order valence-corrected chi connectivity index (χ0v) is 16.3. The molecule has 1 saturated heterocycles. The molecule has 0 aliphatic carbocycles. The Kier molecular flexibility index (Phi) is 7.02. The van der Waals surface area contributed by atoms with Crippen LogP contribution in [0.15, 0.2) is 40.8 Å². The number of ether oxygens (including phenoxy) is 1. The van der Waals surface area contributed by atoms with E-state index in [4.69, 9.17) is 9.15 Å². The van der Waals surface area contributed by atoms with Gasteiger partial charge in [-0.3, -0.25) is 14.4 Å². The molecule has 1 aliphatic rings. The summed E-state index contributed by atoms with van der Waals surface area (Å²) in [6.07, 6.45) is 1.51. The van der Waals surface area contributed by atoms with E-state index < -0.39 is 5.91 Å². The monoisotopic (exact) mass is 399 g/mol. The molecule has 0 atom stereocenters. The molecule has 1 aromatic carbocycles. The van der Waals surface area contributed by atoms with Crippen molar-refractivity contribution in [2.45, 2.75) is 19.4 Å². The van der Waals surface area contributed by atoms with Gasteiger partial charge in [0.2, 0.25) is 11.8 Å². The molecule has 8 nitrogen and oxygen atoms in total. The fourth-order valence-electron chi connectivity index (χ4n) is 3.08. The second-order valence-electron chi connectivity index (χ2n) is 6.82. The Bertz CT molecular complexity index is 871. The minimum absolute atomic E-state index is 0.00728. The van der Waals surface area contributed by atoms with Gasteiger partial charge in [-0.2, -0.15) is 0 Å². The fraction of sp³-hybridized carbons (Fsp3) is 0.381. The molecule has 3 rings (SSSR count). The molecule has 2 heterocycles. The molecule has 0 radical (unpaired) electrons. The third kappa shape index (κ3) is 5.68. The molecule has 0 unspecified atom stereocenters. The number of carbonyl (C=O) groups is 3. The smallest absolute Gasteiger partial charge is 0.287 e. The number of carbonyl (C=O) groups excluding carboxylic acids is 3. The van der Waals surface area contributed by atoms with Gasteiger partial charge in [-0.05, 0) is 36.6 Å². The van der Waals surface area contributed by atoms with Crippen LogP contribution in [0.3, 0.4) is 0 Å². The average Bonchev–Trinajstić information content (AvgIpc) is 3.27. The summed E-state index contributed by atoms with van der Waals surface area (Å²) in [5.74, 6) is -0.0326. The minimum Gasteiger partial charge on any atom is -0.451 e. The number of hydrogen-bond acceptors (Lipinski definition) is 5. The summed E-state index contributed by atoms with van der Waals surface area (Å²) in [6.45, 7) is 1.56. The Balaban J connectivity index is 1.59. The molecule has 0 saturated carbocycles. The van der Waals surface area contributed by atoms with E-state index in [0.717, 1.165) is 24.0 Å². The molecule has 29 heavy (non-hydrogen) atoms. The number of furan rings is 1. The van der Waals surface area contributed by atoms with Gasteiger partial charge in [0.15, 0.2) is 5.76 Å². The zero-order chi connectivity index (χ0) is 20.6. The number of likely N-dealkylation sites (N-methyl/N-ethyl adjacent to an activating group) is 1. The van der Waals surface area contributed by atoms with E-state index in [0.29, 0.717) is 25.5 Å². The van der Waals surface area contributed by atoms with E-state index in [1.807, 2.05) is 24.3 Å². The van der Waals surface area contributed by atoms with Gasteiger partial charge in [0.05, 0.1) is 6.54 Å². The van der Waals surface area contributed by atoms with Gasteiger partial charge < -0.3 is 25.1 Å². The number of amides is 3. The first kappa shape index (κ1) is 20.6. The molecule has 1 fully saturated rings. The lowest BCUT2D eigenvalue weighted by Gasteiger charge is -2.21. The predicted molar refractivity (Wildman–Crippen MR) is 106 cm³/mol. The predicted octanol–water partition coefficient (Wildman–Crippen LogP) is 1.47. The number of rotatable bonds is 7. The van der Waals surface area contributed by atoms with Crippen LogP contribution in [-0.4, -0.2) is 44.5 Å². The highest BCUT2D eigenvalue weighted by Gasteiger charge is 2.21. The number of hydrogen-bond donors (Lipinski definition) is 3. The van der Waals surface area contributed by atoms with Crippen molar-refractivity contribution >= 4 is 17.7 Å². The lowest BCUT2D eigenvalue weighted by Crippen LogP contribution is -2.34. The third-order valence-electron chi connectivity index (χ3n) is 4.79. The molecule has 1 aromatic heterocycles. The van der Waals surface area contributed by atoms with Crippen LogP contribution in [0.1, 0.15) is 29.0 Å².